The molecule has 1 amide bonds. The standard InChI is InChI=1S/C12H25N3O/c1-5-15(10-6-7-14(4)8-10)12(16)11(13)9(2)3/h9-11H,5-8,13H2,1-4H3/t10-,11+/m1/s1. The van der Waals surface area contributed by atoms with E-state index in [1.54, 1.807) is 0 Å². The molecule has 1 heterocycles. The first kappa shape index (κ1) is 13.5. The zero-order chi connectivity index (χ0) is 12.3. The van der Waals surface area contributed by atoms with Gasteiger partial charge in [0.1, 0.15) is 0 Å². The van der Waals surface area contributed by atoms with Gasteiger partial charge in [-0.05, 0) is 32.9 Å². The smallest absolute Gasteiger partial charge is 0.240 e. The molecular weight excluding hydrogens is 202 g/mol. The summed E-state index contributed by atoms with van der Waals surface area (Å²) in [6.07, 6.45) is 1.07. The first-order valence-corrected chi connectivity index (χ1v) is 6.22. The number of carbonyl (C=O) groups excluding carboxylic acids is 1. The van der Waals surface area contributed by atoms with Crippen LogP contribution in [0.25, 0.3) is 0 Å². The van der Waals surface area contributed by atoms with Gasteiger partial charge in [-0.15, -0.1) is 0 Å². The van der Waals surface area contributed by atoms with Crippen LogP contribution in [0.4, 0.5) is 0 Å². The lowest BCUT2D eigenvalue weighted by molar-refractivity contribution is -0.135. The van der Waals surface area contributed by atoms with Gasteiger partial charge in [-0.2, -0.15) is 0 Å². The molecule has 0 aromatic rings. The lowest BCUT2D eigenvalue weighted by Gasteiger charge is -2.31. The molecule has 1 aliphatic heterocycles. The molecule has 0 bridgehead atoms. The Balaban J connectivity index is 2.63. The third-order valence-electron chi connectivity index (χ3n) is 3.43. The fourth-order valence-electron chi connectivity index (χ4n) is 2.24. The molecule has 0 saturated carbocycles. The van der Waals surface area contributed by atoms with Crippen molar-refractivity contribution >= 4 is 5.91 Å². The Morgan fingerprint density at radius 3 is 2.56 bits per heavy atom. The summed E-state index contributed by atoms with van der Waals surface area (Å²) in [7, 11) is 2.10. The lowest BCUT2D eigenvalue weighted by atomic mass is 10.0. The zero-order valence-corrected chi connectivity index (χ0v) is 10.9. The number of nitrogens with two attached hydrogens (primary N) is 1. The minimum Gasteiger partial charge on any atom is -0.337 e. The number of carbonyl (C=O) groups is 1. The summed E-state index contributed by atoms with van der Waals surface area (Å²) in [6, 6.07) is -0.00171. The largest absolute Gasteiger partial charge is 0.337 e. The van der Waals surface area contributed by atoms with Gasteiger partial charge >= 0.3 is 0 Å². The van der Waals surface area contributed by atoms with E-state index in [0.717, 1.165) is 26.1 Å². The second-order valence-electron chi connectivity index (χ2n) is 5.10. The van der Waals surface area contributed by atoms with E-state index in [-0.39, 0.29) is 17.9 Å². The van der Waals surface area contributed by atoms with Crippen molar-refractivity contribution in [1.29, 1.82) is 0 Å². The van der Waals surface area contributed by atoms with E-state index in [1.807, 2.05) is 25.7 Å². The highest BCUT2D eigenvalue weighted by Gasteiger charge is 2.31. The predicted molar refractivity (Wildman–Crippen MR) is 66.1 cm³/mol. The van der Waals surface area contributed by atoms with Crippen LogP contribution in [-0.2, 0) is 4.79 Å². The van der Waals surface area contributed by atoms with Crippen molar-refractivity contribution in [2.45, 2.75) is 39.3 Å². The monoisotopic (exact) mass is 227 g/mol. The Morgan fingerprint density at radius 2 is 2.19 bits per heavy atom. The fraction of sp³-hybridized carbons (Fsp3) is 0.917. The Hall–Kier alpha value is -0.610. The van der Waals surface area contributed by atoms with E-state index in [4.69, 9.17) is 5.73 Å². The summed E-state index contributed by atoms with van der Waals surface area (Å²) in [6.45, 7) is 8.84. The fourth-order valence-corrected chi connectivity index (χ4v) is 2.24. The molecule has 0 unspecified atom stereocenters. The van der Waals surface area contributed by atoms with E-state index >= 15 is 0 Å². The molecule has 1 saturated heterocycles. The van der Waals surface area contributed by atoms with Crippen molar-refractivity contribution in [3.8, 4) is 0 Å². The van der Waals surface area contributed by atoms with Crippen molar-refractivity contribution in [1.82, 2.24) is 9.80 Å². The highest BCUT2D eigenvalue weighted by molar-refractivity contribution is 5.82. The summed E-state index contributed by atoms with van der Waals surface area (Å²) < 4.78 is 0. The molecule has 2 atom stereocenters. The highest BCUT2D eigenvalue weighted by Crippen LogP contribution is 2.16. The van der Waals surface area contributed by atoms with Crippen LogP contribution in [0.2, 0.25) is 0 Å². The Morgan fingerprint density at radius 1 is 1.56 bits per heavy atom. The molecule has 0 aliphatic carbocycles. The van der Waals surface area contributed by atoms with Crippen LogP contribution in [-0.4, -0.2) is 54.5 Å². The van der Waals surface area contributed by atoms with Crippen molar-refractivity contribution in [2.75, 3.05) is 26.7 Å². The summed E-state index contributed by atoms with van der Waals surface area (Å²) in [5, 5.41) is 0. The van der Waals surface area contributed by atoms with E-state index in [9.17, 15) is 4.79 Å². The number of hydrogen-bond acceptors (Lipinski definition) is 3. The van der Waals surface area contributed by atoms with Crippen molar-refractivity contribution in [2.24, 2.45) is 11.7 Å². The molecule has 1 aliphatic rings. The average molecular weight is 227 g/mol. The van der Waals surface area contributed by atoms with Crippen molar-refractivity contribution < 1.29 is 4.79 Å². The molecule has 0 radical (unpaired) electrons. The van der Waals surface area contributed by atoms with Crippen LogP contribution in [0.3, 0.4) is 0 Å². The molecule has 4 heteroatoms. The maximum Gasteiger partial charge on any atom is 0.240 e. The second-order valence-corrected chi connectivity index (χ2v) is 5.10. The molecule has 1 fully saturated rings. The summed E-state index contributed by atoms with van der Waals surface area (Å²) >= 11 is 0. The molecular formula is C12H25N3O. The van der Waals surface area contributed by atoms with Crippen molar-refractivity contribution in [3.05, 3.63) is 0 Å². The number of likely N-dealkylation sites (N-methyl/N-ethyl adjacent to an activating group) is 2. The second kappa shape index (κ2) is 5.64. The normalized spacial score (nSPS) is 23.8. The van der Waals surface area contributed by atoms with Gasteiger partial charge in [0.2, 0.25) is 5.91 Å². The van der Waals surface area contributed by atoms with Crippen molar-refractivity contribution in [3.63, 3.8) is 0 Å². The zero-order valence-electron chi connectivity index (χ0n) is 10.9. The topological polar surface area (TPSA) is 49.6 Å². The number of rotatable bonds is 4. The average Bonchev–Trinajstić information content (AvgIpc) is 2.64. The number of likely N-dealkylation sites (tertiary alicyclic amines) is 1. The highest BCUT2D eigenvalue weighted by atomic mass is 16.2. The molecule has 1 rings (SSSR count). The van der Waals surface area contributed by atoms with Gasteiger partial charge in [0.05, 0.1) is 6.04 Å². The van der Waals surface area contributed by atoms with Gasteiger partial charge < -0.3 is 15.5 Å². The number of amides is 1. The van der Waals surface area contributed by atoms with Crippen LogP contribution >= 0.6 is 0 Å². The van der Waals surface area contributed by atoms with Crippen LogP contribution in [0.5, 0.6) is 0 Å². The molecule has 0 aromatic heterocycles. The molecule has 4 nitrogen and oxygen atoms in total. The van der Waals surface area contributed by atoms with E-state index in [2.05, 4.69) is 11.9 Å². The van der Waals surface area contributed by atoms with E-state index in [1.165, 1.54) is 0 Å². The van der Waals surface area contributed by atoms with Crippen LogP contribution in [0.1, 0.15) is 27.2 Å². The molecule has 2 N–H and O–H groups in total. The third-order valence-corrected chi connectivity index (χ3v) is 3.43. The molecule has 16 heavy (non-hydrogen) atoms. The van der Waals surface area contributed by atoms with E-state index in [0.29, 0.717) is 6.04 Å². The Kier molecular flexibility index (Phi) is 4.74. The van der Waals surface area contributed by atoms with Crippen LogP contribution in [0.15, 0.2) is 0 Å². The third kappa shape index (κ3) is 2.95. The van der Waals surface area contributed by atoms with Gasteiger partial charge in [0.15, 0.2) is 0 Å². The van der Waals surface area contributed by atoms with Gasteiger partial charge in [-0.1, -0.05) is 13.8 Å². The lowest BCUT2D eigenvalue weighted by Crippen LogP contribution is -2.51. The number of hydrogen-bond donors (Lipinski definition) is 1. The van der Waals surface area contributed by atoms with E-state index < -0.39 is 0 Å². The summed E-state index contributed by atoms with van der Waals surface area (Å²) in [5.41, 5.74) is 5.93. The first-order valence-electron chi connectivity index (χ1n) is 6.22. The van der Waals surface area contributed by atoms with Crippen LogP contribution < -0.4 is 5.73 Å². The number of nitrogens with zero attached hydrogens (tertiary/aromatic N) is 2. The minimum absolute atomic E-state index is 0.109. The molecule has 0 spiro atoms. The molecule has 0 aromatic carbocycles. The maximum absolute atomic E-state index is 12.2. The van der Waals surface area contributed by atoms with Gasteiger partial charge in [0, 0.05) is 19.1 Å². The quantitative estimate of drug-likeness (QED) is 0.762. The SMILES string of the molecule is CCN(C(=O)[C@@H](N)C(C)C)[C@@H]1CCN(C)C1. The first-order chi connectivity index (χ1) is 7.47. The summed E-state index contributed by atoms with van der Waals surface area (Å²) in [4.78, 5) is 16.4. The predicted octanol–water partition coefficient (Wildman–Crippen LogP) is 0.522. The van der Waals surface area contributed by atoms with Crippen LogP contribution in [0, 0.1) is 5.92 Å². The van der Waals surface area contributed by atoms with Gasteiger partial charge in [0.25, 0.3) is 0 Å². The van der Waals surface area contributed by atoms with Gasteiger partial charge in [-0.3, -0.25) is 4.79 Å². The maximum atomic E-state index is 12.2. The Labute approximate surface area is 98.8 Å². The molecule has 94 valence electrons. The minimum atomic E-state index is -0.356. The Bertz CT molecular complexity index is 242. The van der Waals surface area contributed by atoms with Gasteiger partial charge in [-0.25, -0.2) is 0 Å². The summed E-state index contributed by atoms with van der Waals surface area (Å²) in [5.74, 6) is 0.318.